The van der Waals surface area contributed by atoms with Gasteiger partial charge in [-0.15, -0.1) is 0 Å². The van der Waals surface area contributed by atoms with Gasteiger partial charge in [0.25, 0.3) is 5.91 Å². The minimum Gasteiger partial charge on any atom is -0.399 e. The second kappa shape index (κ2) is 4.46. The number of nitrogens with zero attached hydrogens (tertiary/aromatic N) is 1. The highest BCUT2D eigenvalue weighted by molar-refractivity contribution is 6.00. The first-order chi connectivity index (χ1) is 8.83. The maximum Gasteiger partial charge on any atom is 0.255 e. The van der Waals surface area contributed by atoms with Gasteiger partial charge >= 0.3 is 0 Å². The van der Waals surface area contributed by atoms with Gasteiger partial charge in [-0.1, -0.05) is 0 Å². The summed E-state index contributed by atoms with van der Waals surface area (Å²) in [5.74, 6) is -0.574. The Morgan fingerprint density at radius 3 is 2.53 bits per heavy atom. The van der Waals surface area contributed by atoms with E-state index in [0.29, 0.717) is 36.4 Å². The van der Waals surface area contributed by atoms with Gasteiger partial charge < -0.3 is 22.1 Å². The lowest BCUT2D eigenvalue weighted by Gasteiger charge is -2.21. The van der Waals surface area contributed by atoms with Gasteiger partial charge in [-0.05, 0) is 31.5 Å². The number of hydrogen-bond donors (Lipinski definition) is 3. The Morgan fingerprint density at radius 1 is 1.32 bits per heavy atom. The van der Waals surface area contributed by atoms with Crippen molar-refractivity contribution in [2.75, 3.05) is 24.6 Å². The van der Waals surface area contributed by atoms with Gasteiger partial charge in [-0.2, -0.15) is 0 Å². The Labute approximate surface area is 111 Å². The normalized spacial score (nSPS) is 22.5. The molecule has 2 rings (SSSR count). The predicted molar refractivity (Wildman–Crippen MR) is 73.1 cm³/mol. The molecule has 1 aromatic rings. The molecule has 0 aliphatic carbocycles. The molecule has 6 heteroatoms. The highest BCUT2D eigenvalue weighted by Gasteiger charge is 2.41. The number of likely N-dealkylation sites (tertiary alicyclic amines) is 1. The molecule has 1 aliphatic heterocycles. The molecular formula is C13H18N4O2. The van der Waals surface area contributed by atoms with Crippen LogP contribution in [0.1, 0.15) is 23.7 Å². The van der Waals surface area contributed by atoms with Crippen molar-refractivity contribution in [3.8, 4) is 0 Å². The van der Waals surface area contributed by atoms with Gasteiger partial charge in [0.2, 0.25) is 5.91 Å². The van der Waals surface area contributed by atoms with Gasteiger partial charge in [0.05, 0.1) is 11.0 Å². The van der Waals surface area contributed by atoms with E-state index >= 15 is 0 Å². The average Bonchev–Trinajstić information content (AvgIpc) is 2.73. The smallest absolute Gasteiger partial charge is 0.255 e. The van der Waals surface area contributed by atoms with Crippen LogP contribution < -0.4 is 17.2 Å². The molecule has 6 nitrogen and oxygen atoms in total. The van der Waals surface area contributed by atoms with E-state index in [-0.39, 0.29) is 11.8 Å². The standard InChI is InChI=1S/C13H18N4O2/c1-13(12(16)19)4-5-17(7-13)11(18)9-3-2-8(14)6-10(9)15/h2-3,6H,4-5,7,14-15H2,1H3,(H2,16,19). The fourth-order valence-corrected chi connectivity index (χ4v) is 2.28. The topological polar surface area (TPSA) is 115 Å². The molecule has 19 heavy (non-hydrogen) atoms. The SMILES string of the molecule is CC1(C(N)=O)CCN(C(=O)c2ccc(N)cc2N)C1. The summed E-state index contributed by atoms with van der Waals surface area (Å²) in [7, 11) is 0. The van der Waals surface area contributed by atoms with Crippen molar-refractivity contribution in [3.63, 3.8) is 0 Å². The number of benzene rings is 1. The molecule has 1 atom stereocenters. The van der Waals surface area contributed by atoms with Crippen LogP contribution in [-0.4, -0.2) is 29.8 Å². The predicted octanol–water partition coefficient (Wildman–Crippen LogP) is 0.189. The first kappa shape index (κ1) is 13.2. The van der Waals surface area contributed by atoms with E-state index in [1.165, 1.54) is 0 Å². The Morgan fingerprint density at radius 2 is 2.00 bits per heavy atom. The molecule has 1 heterocycles. The molecule has 0 bridgehead atoms. The Balaban J connectivity index is 2.20. The fraction of sp³-hybridized carbons (Fsp3) is 0.385. The van der Waals surface area contributed by atoms with E-state index in [9.17, 15) is 9.59 Å². The van der Waals surface area contributed by atoms with Crippen LogP contribution in [0.15, 0.2) is 18.2 Å². The minimum atomic E-state index is -0.655. The van der Waals surface area contributed by atoms with Crippen molar-refractivity contribution in [2.45, 2.75) is 13.3 Å². The maximum atomic E-state index is 12.3. The molecule has 1 fully saturated rings. The summed E-state index contributed by atoms with van der Waals surface area (Å²) in [6, 6.07) is 4.79. The number of hydrogen-bond acceptors (Lipinski definition) is 4. The van der Waals surface area contributed by atoms with E-state index < -0.39 is 5.41 Å². The number of carbonyl (C=O) groups excluding carboxylic acids is 2. The van der Waals surface area contributed by atoms with Crippen LogP contribution in [-0.2, 0) is 4.79 Å². The van der Waals surface area contributed by atoms with Gasteiger partial charge in [-0.25, -0.2) is 0 Å². The summed E-state index contributed by atoms with van der Waals surface area (Å²) >= 11 is 0. The number of carbonyl (C=O) groups is 2. The lowest BCUT2D eigenvalue weighted by Crippen LogP contribution is -2.38. The van der Waals surface area contributed by atoms with Crippen LogP contribution in [0.5, 0.6) is 0 Å². The summed E-state index contributed by atoms with van der Waals surface area (Å²) in [4.78, 5) is 25.3. The molecule has 0 aromatic heterocycles. The Bertz CT molecular complexity index is 543. The fourth-order valence-electron chi connectivity index (χ4n) is 2.28. The van der Waals surface area contributed by atoms with Crippen LogP contribution in [0.3, 0.4) is 0 Å². The maximum absolute atomic E-state index is 12.3. The van der Waals surface area contributed by atoms with Crippen molar-refractivity contribution in [2.24, 2.45) is 11.1 Å². The first-order valence-electron chi connectivity index (χ1n) is 6.08. The van der Waals surface area contributed by atoms with E-state index in [0.717, 1.165) is 0 Å². The van der Waals surface area contributed by atoms with Crippen molar-refractivity contribution >= 4 is 23.2 Å². The molecule has 0 radical (unpaired) electrons. The highest BCUT2D eigenvalue weighted by Crippen LogP contribution is 2.31. The molecule has 6 N–H and O–H groups in total. The van der Waals surface area contributed by atoms with Gasteiger partial charge in [0, 0.05) is 24.5 Å². The number of rotatable bonds is 2. The highest BCUT2D eigenvalue weighted by atomic mass is 16.2. The van der Waals surface area contributed by atoms with Crippen LogP contribution in [0, 0.1) is 5.41 Å². The first-order valence-corrected chi connectivity index (χ1v) is 6.08. The summed E-state index contributed by atoms with van der Waals surface area (Å²) < 4.78 is 0. The van der Waals surface area contributed by atoms with Crippen LogP contribution in [0.4, 0.5) is 11.4 Å². The number of nitrogen functional groups attached to an aromatic ring is 2. The Hall–Kier alpha value is -2.24. The molecule has 0 saturated carbocycles. The minimum absolute atomic E-state index is 0.192. The van der Waals surface area contributed by atoms with Crippen molar-refractivity contribution < 1.29 is 9.59 Å². The molecular weight excluding hydrogens is 244 g/mol. The lowest BCUT2D eigenvalue weighted by atomic mass is 9.89. The van der Waals surface area contributed by atoms with Gasteiger partial charge in [0.1, 0.15) is 0 Å². The van der Waals surface area contributed by atoms with E-state index in [1.54, 1.807) is 30.0 Å². The summed E-state index contributed by atoms with van der Waals surface area (Å²) in [6.07, 6.45) is 0.572. The Kier molecular flexibility index (Phi) is 3.09. The molecule has 1 aliphatic rings. The molecule has 102 valence electrons. The van der Waals surface area contributed by atoms with Crippen molar-refractivity contribution in [1.29, 1.82) is 0 Å². The van der Waals surface area contributed by atoms with Crippen molar-refractivity contribution in [1.82, 2.24) is 4.90 Å². The largest absolute Gasteiger partial charge is 0.399 e. The second-order valence-electron chi connectivity index (χ2n) is 5.25. The summed E-state index contributed by atoms with van der Waals surface area (Å²) in [5, 5.41) is 0. The molecule has 2 amide bonds. The van der Waals surface area contributed by atoms with E-state index in [1.807, 2.05) is 0 Å². The monoisotopic (exact) mass is 262 g/mol. The zero-order chi connectivity index (χ0) is 14.2. The van der Waals surface area contributed by atoms with Crippen LogP contribution in [0.2, 0.25) is 0 Å². The average molecular weight is 262 g/mol. The number of amides is 2. The summed E-state index contributed by atoms with van der Waals surface area (Å²) in [6.45, 7) is 2.60. The second-order valence-corrected chi connectivity index (χ2v) is 5.25. The van der Waals surface area contributed by atoms with Crippen LogP contribution in [0.25, 0.3) is 0 Å². The zero-order valence-electron chi connectivity index (χ0n) is 10.8. The quantitative estimate of drug-likeness (QED) is 0.660. The van der Waals surface area contributed by atoms with E-state index in [4.69, 9.17) is 17.2 Å². The third-order valence-electron chi connectivity index (χ3n) is 3.66. The third kappa shape index (κ3) is 2.33. The van der Waals surface area contributed by atoms with Gasteiger partial charge in [0.15, 0.2) is 0 Å². The number of primary amides is 1. The molecule has 1 saturated heterocycles. The molecule has 0 spiro atoms. The van der Waals surface area contributed by atoms with Crippen LogP contribution >= 0.6 is 0 Å². The van der Waals surface area contributed by atoms with E-state index in [2.05, 4.69) is 0 Å². The lowest BCUT2D eigenvalue weighted by molar-refractivity contribution is -0.126. The third-order valence-corrected chi connectivity index (χ3v) is 3.66. The van der Waals surface area contributed by atoms with Crippen molar-refractivity contribution in [3.05, 3.63) is 23.8 Å². The van der Waals surface area contributed by atoms with Gasteiger partial charge in [-0.3, -0.25) is 9.59 Å². The molecule has 1 aromatic carbocycles. The summed E-state index contributed by atoms with van der Waals surface area (Å²) in [5.41, 5.74) is 17.4. The number of anilines is 2. The zero-order valence-corrected chi connectivity index (χ0v) is 10.8. The molecule has 1 unspecified atom stereocenters. The number of nitrogens with two attached hydrogens (primary N) is 3.